The second kappa shape index (κ2) is 4.73. The Morgan fingerprint density at radius 2 is 1.05 bits per heavy atom. The fraction of sp³-hybridized carbons (Fsp3) is 0.333. The summed E-state index contributed by atoms with van der Waals surface area (Å²) in [6, 6.07) is 12.9. The van der Waals surface area contributed by atoms with Crippen LogP contribution < -0.4 is 10.4 Å². The van der Waals surface area contributed by atoms with Gasteiger partial charge in [-0.1, -0.05) is 73.9 Å². The summed E-state index contributed by atoms with van der Waals surface area (Å²) in [6.45, 7) is 13.9. The molecule has 1 aromatic heterocycles. The average Bonchev–Trinajstić information content (AvgIpc) is 2.70. The lowest BCUT2D eigenvalue weighted by atomic mass is 10.1. The summed E-state index contributed by atoms with van der Waals surface area (Å²) >= 11 is 0. The van der Waals surface area contributed by atoms with Gasteiger partial charge >= 0.3 is 0 Å². The maximum atomic E-state index is 12.8. The fourth-order valence-corrected chi connectivity index (χ4v) is 5.22. The molecular weight excluding hydrogens is 302 g/mol. The van der Waals surface area contributed by atoms with Gasteiger partial charge in [0.1, 0.15) is 0 Å². The van der Waals surface area contributed by atoms with Gasteiger partial charge in [-0.15, -0.1) is 4.73 Å². The first-order valence-corrected chi connectivity index (χ1v) is 14.9. The lowest BCUT2D eigenvalue weighted by Crippen LogP contribution is -2.37. The maximum Gasteiger partial charge on any atom is 0.0928 e. The van der Waals surface area contributed by atoms with Gasteiger partial charge in [0.15, 0.2) is 0 Å². The Labute approximate surface area is 134 Å². The van der Waals surface area contributed by atoms with Crippen LogP contribution in [0.1, 0.15) is 0 Å². The van der Waals surface area contributed by atoms with E-state index >= 15 is 0 Å². The van der Waals surface area contributed by atoms with Crippen molar-refractivity contribution in [3.63, 3.8) is 0 Å². The van der Waals surface area contributed by atoms with E-state index in [-0.39, 0.29) is 0 Å². The van der Waals surface area contributed by atoms with Crippen molar-refractivity contribution in [3.8, 4) is 0 Å². The average molecular weight is 327 g/mol. The summed E-state index contributed by atoms with van der Waals surface area (Å²) in [5.41, 5.74) is 1.64. The number of aromatic nitrogens is 1. The molecule has 0 aliphatic rings. The molecule has 0 saturated carbocycles. The Morgan fingerprint density at radius 3 is 1.36 bits per heavy atom. The molecule has 3 aromatic rings. The van der Waals surface area contributed by atoms with Crippen molar-refractivity contribution in [2.75, 3.05) is 0 Å². The first kappa shape index (κ1) is 15.4. The summed E-state index contributed by atoms with van der Waals surface area (Å²) in [6.07, 6.45) is 0. The van der Waals surface area contributed by atoms with E-state index in [1.165, 1.54) is 10.4 Å². The minimum atomic E-state index is -1.41. The highest BCUT2D eigenvalue weighted by Gasteiger charge is 2.21. The highest BCUT2D eigenvalue weighted by atomic mass is 28.3. The normalized spacial score (nSPS) is 13.2. The molecule has 22 heavy (non-hydrogen) atoms. The van der Waals surface area contributed by atoms with Gasteiger partial charge < -0.3 is 0 Å². The molecule has 0 N–H and O–H groups in total. The molecule has 3 rings (SSSR count). The van der Waals surface area contributed by atoms with Crippen LogP contribution in [-0.4, -0.2) is 20.9 Å². The minimum Gasteiger partial charge on any atom is -0.165 e. The Kier molecular flexibility index (Phi) is 3.31. The second-order valence-corrected chi connectivity index (χ2v) is 18.4. The zero-order valence-corrected chi connectivity index (χ0v) is 16.3. The molecular formula is C18H24NOSi2. The zero-order chi connectivity index (χ0) is 16.3. The van der Waals surface area contributed by atoms with E-state index in [1.54, 1.807) is 0 Å². The Bertz CT molecular complexity index is 795. The van der Waals surface area contributed by atoms with Crippen LogP contribution in [0.5, 0.6) is 0 Å². The van der Waals surface area contributed by atoms with Crippen molar-refractivity contribution < 1.29 is 5.21 Å². The number of rotatable bonds is 2. The lowest BCUT2D eigenvalue weighted by Gasteiger charge is -2.16. The highest BCUT2D eigenvalue weighted by Crippen LogP contribution is 2.27. The third kappa shape index (κ3) is 2.40. The maximum absolute atomic E-state index is 12.8. The molecule has 0 atom stereocenters. The van der Waals surface area contributed by atoms with Crippen molar-refractivity contribution in [1.29, 1.82) is 0 Å². The van der Waals surface area contributed by atoms with Gasteiger partial charge in [-0.3, -0.25) is 0 Å². The van der Waals surface area contributed by atoms with Crippen LogP contribution in [0.2, 0.25) is 39.3 Å². The molecule has 0 aliphatic carbocycles. The van der Waals surface area contributed by atoms with E-state index in [1.807, 2.05) is 0 Å². The number of hydrogen-bond donors (Lipinski definition) is 0. The molecule has 0 aliphatic heterocycles. The quantitative estimate of drug-likeness (QED) is 0.634. The van der Waals surface area contributed by atoms with Crippen LogP contribution in [0, 0.1) is 0 Å². The van der Waals surface area contributed by atoms with Crippen molar-refractivity contribution in [2.45, 2.75) is 39.3 Å². The molecule has 0 fully saturated rings. The number of hydrogen-bond acceptors (Lipinski definition) is 0. The van der Waals surface area contributed by atoms with Crippen LogP contribution in [0.4, 0.5) is 0 Å². The van der Waals surface area contributed by atoms with Gasteiger partial charge in [0.05, 0.1) is 27.2 Å². The topological polar surface area (TPSA) is 24.8 Å². The summed E-state index contributed by atoms with van der Waals surface area (Å²) in [4.78, 5) is 0. The van der Waals surface area contributed by atoms with Crippen LogP contribution in [0.15, 0.2) is 36.4 Å². The summed E-state index contributed by atoms with van der Waals surface area (Å²) in [7, 11) is -2.82. The molecule has 4 heteroatoms. The van der Waals surface area contributed by atoms with Gasteiger partial charge in [-0.2, -0.15) is 5.21 Å². The van der Waals surface area contributed by atoms with E-state index in [0.29, 0.717) is 0 Å². The Hall–Kier alpha value is -1.53. The van der Waals surface area contributed by atoms with Crippen molar-refractivity contribution in [3.05, 3.63) is 36.4 Å². The van der Waals surface area contributed by atoms with Crippen LogP contribution in [0.3, 0.4) is 0 Å². The summed E-state index contributed by atoms with van der Waals surface area (Å²) in [5, 5.41) is 17.6. The van der Waals surface area contributed by atoms with Gasteiger partial charge in [0.25, 0.3) is 0 Å². The van der Waals surface area contributed by atoms with E-state index in [2.05, 4.69) is 75.7 Å². The van der Waals surface area contributed by atoms with Gasteiger partial charge in [0.2, 0.25) is 0 Å². The first-order chi connectivity index (χ1) is 10.1. The van der Waals surface area contributed by atoms with E-state index in [9.17, 15) is 5.21 Å². The van der Waals surface area contributed by atoms with Crippen LogP contribution in [-0.2, 0) is 5.21 Å². The SMILES string of the molecule is C[Si](C)(C)c1ccc2c3ccc([Si](C)(C)C)cc3n([O])c2c1. The molecule has 0 spiro atoms. The van der Waals surface area contributed by atoms with E-state index in [4.69, 9.17) is 0 Å². The third-order valence-electron chi connectivity index (χ3n) is 4.46. The molecule has 0 bridgehead atoms. The molecule has 2 nitrogen and oxygen atoms in total. The van der Waals surface area contributed by atoms with E-state index < -0.39 is 16.1 Å². The molecule has 1 heterocycles. The fourth-order valence-electron chi connectivity index (χ4n) is 2.92. The monoisotopic (exact) mass is 326 g/mol. The van der Waals surface area contributed by atoms with Gasteiger partial charge in [-0.25, -0.2) is 0 Å². The molecule has 115 valence electrons. The standard InChI is InChI=1S/C18H24NOSi2/c1-21(2,3)13-7-9-15-16-10-8-14(22(4,5)6)12-18(16)19(20)17(15)11-13/h7-12H,1-6H3. The number of benzene rings is 2. The summed E-state index contributed by atoms with van der Waals surface area (Å²) in [5.74, 6) is 0. The predicted octanol–water partition coefficient (Wildman–Crippen LogP) is 4.08. The molecule has 2 aromatic carbocycles. The molecule has 0 amide bonds. The molecule has 0 saturated heterocycles. The largest absolute Gasteiger partial charge is 0.165 e. The molecule has 0 unspecified atom stereocenters. The third-order valence-corrected chi connectivity index (χ3v) is 8.54. The number of nitrogens with zero attached hydrogens (tertiary/aromatic N) is 1. The zero-order valence-electron chi connectivity index (χ0n) is 14.3. The smallest absolute Gasteiger partial charge is 0.0928 e. The van der Waals surface area contributed by atoms with Gasteiger partial charge in [0, 0.05) is 10.8 Å². The summed E-state index contributed by atoms with van der Waals surface area (Å²) < 4.78 is 1.14. The van der Waals surface area contributed by atoms with Gasteiger partial charge in [-0.05, 0) is 12.1 Å². The number of fused-ring (bicyclic) bond motifs is 3. The predicted molar refractivity (Wildman–Crippen MR) is 101 cm³/mol. The lowest BCUT2D eigenvalue weighted by molar-refractivity contribution is 0.114. The van der Waals surface area contributed by atoms with E-state index in [0.717, 1.165) is 26.5 Å². The Balaban J connectivity index is 2.33. The highest BCUT2D eigenvalue weighted by molar-refractivity contribution is 6.89. The minimum absolute atomic E-state index is 0.822. The van der Waals surface area contributed by atoms with Crippen LogP contribution >= 0.6 is 0 Å². The second-order valence-electron chi connectivity index (χ2n) is 8.26. The van der Waals surface area contributed by atoms with Crippen molar-refractivity contribution in [2.24, 2.45) is 0 Å². The molecule has 1 radical (unpaired) electrons. The van der Waals surface area contributed by atoms with Crippen molar-refractivity contribution >= 4 is 48.3 Å². The first-order valence-electron chi connectivity index (χ1n) is 7.86. The van der Waals surface area contributed by atoms with Crippen molar-refractivity contribution in [1.82, 2.24) is 4.73 Å². The Morgan fingerprint density at radius 1 is 0.682 bits per heavy atom. The van der Waals surface area contributed by atoms with Crippen LogP contribution in [0.25, 0.3) is 21.8 Å².